The average Bonchev–Trinajstić information content (AvgIpc) is 2.17. The summed E-state index contributed by atoms with van der Waals surface area (Å²) in [5, 5.41) is 3.15. The maximum Gasteiger partial charge on any atom is 0.212 e. The van der Waals surface area contributed by atoms with E-state index < -0.39 is 5.95 Å². The van der Waals surface area contributed by atoms with Crippen molar-refractivity contribution < 1.29 is 9.13 Å². The number of hydrogen-bond acceptors (Lipinski definition) is 3. The number of halogens is 1. The summed E-state index contributed by atoms with van der Waals surface area (Å²) in [6.07, 6.45) is 1.48. The van der Waals surface area contributed by atoms with Crippen molar-refractivity contribution in [1.82, 2.24) is 4.98 Å². The van der Waals surface area contributed by atoms with E-state index in [2.05, 4.69) is 17.2 Å². The smallest absolute Gasteiger partial charge is 0.212 e. The largest absolute Gasteiger partial charge is 0.384 e. The lowest BCUT2D eigenvalue weighted by Gasteiger charge is -2.11. The van der Waals surface area contributed by atoms with Gasteiger partial charge in [0.05, 0.1) is 18.5 Å². The molecule has 1 rings (SSSR count). The molecule has 0 aliphatic carbocycles. The molecule has 0 saturated heterocycles. The molecular weight excluding hydrogens is 183 g/mol. The van der Waals surface area contributed by atoms with Crippen LogP contribution in [0.1, 0.15) is 6.92 Å². The highest BCUT2D eigenvalue weighted by Crippen LogP contribution is 2.06. The summed E-state index contributed by atoms with van der Waals surface area (Å²) in [5.41, 5.74) is 0.828. The maximum atomic E-state index is 12.4. The number of anilines is 1. The van der Waals surface area contributed by atoms with Crippen molar-refractivity contribution in [3.8, 4) is 0 Å². The summed E-state index contributed by atoms with van der Waals surface area (Å²) in [7, 11) is 1.68. The topological polar surface area (TPSA) is 34.1 Å². The molecule has 1 unspecified atom stereocenters. The van der Waals surface area contributed by atoms with Crippen molar-refractivity contribution in [2.45, 2.75) is 6.92 Å². The molecule has 0 bridgehead atoms. The Bertz CT molecular complexity index is 263. The first-order chi connectivity index (χ1) is 6.72. The van der Waals surface area contributed by atoms with E-state index in [9.17, 15) is 4.39 Å². The second kappa shape index (κ2) is 5.54. The Morgan fingerprint density at radius 1 is 1.57 bits per heavy atom. The molecule has 0 aliphatic heterocycles. The normalized spacial score (nSPS) is 12.5. The molecule has 0 spiro atoms. The summed E-state index contributed by atoms with van der Waals surface area (Å²) in [5.74, 6) is -0.0365. The van der Waals surface area contributed by atoms with Crippen molar-refractivity contribution in [2.75, 3.05) is 25.6 Å². The van der Waals surface area contributed by atoms with Crippen LogP contribution in [0.4, 0.5) is 10.1 Å². The van der Waals surface area contributed by atoms with Gasteiger partial charge in [-0.25, -0.2) is 4.98 Å². The number of ether oxygens (including phenoxy) is 1. The minimum absolute atomic E-state index is 0.421. The number of methoxy groups -OCH3 is 1. The van der Waals surface area contributed by atoms with Crippen LogP contribution in [0.25, 0.3) is 0 Å². The van der Waals surface area contributed by atoms with Crippen molar-refractivity contribution in [3.63, 3.8) is 0 Å². The lowest BCUT2D eigenvalue weighted by atomic mass is 10.2. The molecule has 1 heterocycles. The van der Waals surface area contributed by atoms with Gasteiger partial charge in [-0.1, -0.05) is 6.92 Å². The average molecular weight is 198 g/mol. The van der Waals surface area contributed by atoms with E-state index in [4.69, 9.17) is 4.74 Å². The number of aromatic nitrogens is 1. The van der Waals surface area contributed by atoms with Gasteiger partial charge in [0.1, 0.15) is 0 Å². The Morgan fingerprint density at radius 3 is 2.93 bits per heavy atom. The minimum Gasteiger partial charge on any atom is -0.384 e. The van der Waals surface area contributed by atoms with Gasteiger partial charge in [-0.15, -0.1) is 0 Å². The highest BCUT2D eigenvalue weighted by molar-refractivity contribution is 5.39. The Morgan fingerprint density at radius 2 is 2.36 bits per heavy atom. The molecule has 0 aromatic carbocycles. The SMILES string of the molecule is COCC(C)CNc1ccc(F)nc1. The van der Waals surface area contributed by atoms with Crippen LogP contribution in [-0.4, -0.2) is 25.2 Å². The van der Waals surface area contributed by atoms with Crippen LogP contribution in [0.2, 0.25) is 0 Å². The molecule has 1 aromatic rings. The summed E-state index contributed by atoms with van der Waals surface area (Å²) >= 11 is 0. The van der Waals surface area contributed by atoms with Gasteiger partial charge in [0, 0.05) is 13.7 Å². The van der Waals surface area contributed by atoms with Crippen LogP contribution in [0.5, 0.6) is 0 Å². The van der Waals surface area contributed by atoms with E-state index in [1.54, 1.807) is 13.2 Å². The van der Waals surface area contributed by atoms with E-state index >= 15 is 0 Å². The molecule has 14 heavy (non-hydrogen) atoms. The molecule has 0 radical (unpaired) electrons. The molecule has 1 atom stereocenters. The van der Waals surface area contributed by atoms with Gasteiger partial charge in [-0.2, -0.15) is 4.39 Å². The predicted molar refractivity (Wildman–Crippen MR) is 53.7 cm³/mol. The fourth-order valence-electron chi connectivity index (χ4n) is 1.12. The standard InChI is InChI=1S/C10H15FN2O/c1-8(7-14-2)5-12-9-3-4-10(11)13-6-9/h3-4,6,8,12H,5,7H2,1-2H3. The number of nitrogens with one attached hydrogen (secondary N) is 1. The highest BCUT2D eigenvalue weighted by Gasteiger charge is 2.00. The van der Waals surface area contributed by atoms with Crippen molar-refractivity contribution in [2.24, 2.45) is 5.92 Å². The molecule has 0 aliphatic rings. The van der Waals surface area contributed by atoms with Gasteiger partial charge >= 0.3 is 0 Å². The molecule has 1 N–H and O–H groups in total. The lowest BCUT2D eigenvalue weighted by Crippen LogP contribution is -2.15. The molecule has 4 heteroatoms. The number of hydrogen-bond donors (Lipinski definition) is 1. The summed E-state index contributed by atoms with van der Waals surface area (Å²) in [6.45, 7) is 3.58. The third-order valence-corrected chi connectivity index (χ3v) is 1.83. The van der Waals surface area contributed by atoms with E-state index in [0.29, 0.717) is 12.5 Å². The third-order valence-electron chi connectivity index (χ3n) is 1.83. The van der Waals surface area contributed by atoms with Crippen LogP contribution < -0.4 is 5.32 Å². The number of pyridine rings is 1. The lowest BCUT2D eigenvalue weighted by molar-refractivity contribution is 0.164. The zero-order valence-electron chi connectivity index (χ0n) is 8.46. The molecule has 0 amide bonds. The molecule has 0 saturated carbocycles. The Balaban J connectivity index is 2.34. The molecule has 3 nitrogen and oxygen atoms in total. The fourth-order valence-corrected chi connectivity index (χ4v) is 1.12. The monoisotopic (exact) mass is 198 g/mol. The van der Waals surface area contributed by atoms with E-state index in [0.717, 1.165) is 12.2 Å². The fraction of sp³-hybridized carbons (Fsp3) is 0.500. The van der Waals surface area contributed by atoms with Crippen molar-refractivity contribution in [1.29, 1.82) is 0 Å². The minimum atomic E-state index is -0.458. The highest BCUT2D eigenvalue weighted by atomic mass is 19.1. The van der Waals surface area contributed by atoms with Gasteiger partial charge in [-0.3, -0.25) is 0 Å². The zero-order chi connectivity index (χ0) is 10.4. The molecular formula is C10H15FN2O. The Hall–Kier alpha value is -1.16. The second-order valence-corrected chi connectivity index (χ2v) is 3.31. The van der Waals surface area contributed by atoms with Crippen LogP contribution in [0.15, 0.2) is 18.3 Å². The van der Waals surface area contributed by atoms with Gasteiger partial charge in [0.25, 0.3) is 0 Å². The van der Waals surface area contributed by atoms with E-state index in [-0.39, 0.29) is 0 Å². The van der Waals surface area contributed by atoms with Crippen LogP contribution in [-0.2, 0) is 4.74 Å². The first kappa shape index (κ1) is 10.9. The first-order valence-corrected chi connectivity index (χ1v) is 4.56. The molecule has 0 fully saturated rings. The molecule has 1 aromatic heterocycles. The summed E-state index contributed by atoms with van der Waals surface area (Å²) in [6, 6.07) is 3.01. The maximum absolute atomic E-state index is 12.4. The van der Waals surface area contributed by atoms with E-state index in [1.807, 2.05) is 0 Å². The zero-order valence-corrected chi connectivity index (χ0v) is 8.46. The Kier molecular flexibility index (Phi) is 4.32. The second-order valence-electron chi connectivity index (χ2n) is 3.31. The summed E-state index contributed by atoms with van der Waals surface area (Å²) in [4.78, 5) is 3.54. The number of rotatable bonds is 5. The predicted octanol–water partition coefficient (Wildman–Crippen LogP) is 1.92. The van der Waals surface area contributed by atoms with Crippen LogP contribution in [0, 0.1) is 11.9 Å². The molecule has 78 valence electrons. The quantitative estimate of drug-likeness (QED) is 0.734. The van der Waals surface area contributed by atoms with E-state index in [1.165, 1.54) is 12.3 Å². The Labute approximate surface area is 83.3 Å². The van der Waals surface area contributed by atoms with Crippen LogP contribution in [0.3, 0.4) is 0 Å². The first-order valence-electron chi connectivity index (χ1n) is 4.56. The number of nitrogens with zero attached hydrogens (tertiary/aromatic N) is 1. The van der Waals surface area contributed by atoms with Crippen LogP contribution >= 0.6 is 0 Å². The van der Waals surface area contributed by atoms with Gasteiger partial charge in [-0.05, 0) is 18.1 Å². The summed E-state index contributed by atoms with van der Waals surface area (Å²) < 4.78 is 17.4. The van der Waals surface area contributed by atoms with Crippen molar-refractivity contribution in [3.05, 3.63) is 24.3 Å². The van der Waals surface area contributed by atoms with Gasteiger partial charge in [0.2, 0.25) is 5.95 Å². The van der Waals surface area contributed by atoms with Crippen molar-refractivity contribution >= 4 is 5.69 Å². The third kappa shape index (κ3) is 3.70. The van der Waals surface area contributed by atoms with Gasteiger partial charge < -0.3 is 10.1 Å². The van der Waals surface area contributed by atoms with Gasteiger partial charge in [0.15, 0.2) is 0 Å².